The maximum Gasteiger partial charge on any atom is 0.263 e. The molecule has 0 unspecified atom stereocenters. The number of aryl methyl sites for hydroxylation is 1. The van der Waals surface area contributed by atoms with E-state index in [1.54, 1.807) is 12.1 Å². The molecule has 0 aliphatic heterocycles. The summed E-state index contributed by atoms with van der Waals surface area (Å²) < 4.78 is 25.4. The number of benzene rings is 1. The van der Waals surface area contributed by atoms with E-state index in [4.69, 9.17) is 0 Å². The average molecular weight is 274 g/mol. The van der Waals surface area contributed by atoms with Crippen molar-refractivity contribution in [3.8, 4) is 11.4 Å². The second kappa shape index (κ2) is 5.07. The summed E-state index contributed by atoms with van der Waals surface area (Å²) in [5, 5.41) is 0. The van der Waals surface area contributed by atoms with Gasteiger partial charge in [0.1, 0.15) is 0 Å². The van der Waals surface area contributed by atoms with Gasteiger partial charge in [-0.25, -0.2) is 18.7 Å². The highest BCUT2D eigenvalue weighted by atomic mass is 19.3. The summed E-state index contributed by atoms with van der Waals surface area (Å²) in [6.45, 7) is 0. The molecule has 0 spiro atoms. The van der Waals surface area contributed by atoms with E-state index in [-0.39, 0.29) is 11.3 Å². The Morgan fingerprint density at radius 3 is 2.85 bits per heavy atom. The lowest BCUT2D eigenvalue weighted by molar-refractivity contribution is 0.0971. The fourth-order valence-corrected chi connectivity index (χ4v) is 2.34. The Hall–Kier alpha value is -2.17. The molecule has 5 heteroatoms. The third-order valence-electron chi connectivity index (χ3n) is 3.38. The average Bonchev–Trinajstić information content (AvgIpc) is 2.47. The molecule has 0 amide bonds. The van der Waals surface area contributed by atoms with Gasteiger partial charge in [-0.2, -0.15) is 0 Å². The van der Waals surface area contributed by atoms with Crippen molar-refractivity contribution in [1.82, 2.24) is 9.97 Å². The Balaban J connectivity index is 2.03. The molecule has 20 heavy (non-hydrogen) atoms. The number of aromatic nitrogens is 2. The Morgan fingerprint density at radius 1 is 1.20 bits per heavy atom. The van der Waals surface area contributed by atoms with Gasteiger partial charge in [0.25, 0.3) is 6.43 Å². The topological polar surface area (TPSA) is 42.9 Å². The SMILES string of the molecule is O=C1CCCc2nc(-c3cccc(C(F)F)c3)ncc21. The summed E-state index contributed by atoms with van der Waals surface area (Å²) in [4.78, 5) is 20.2. The largest absolute Gasteiger partial charge is 0.294 e. The third-order valence-corrected chi connectivity index (χ3v) is 3.38. The molecule has 3 nitrogen and oxygen atoms in total. The number of ketones is 1. The van der Waals surface area contributed by atoms with Crippen LogP contribution in [0, 0.1) is 0 Å². The number of Topliss-reactive ketones (excluding diaryl/α,β-unsaturated/α-hetero) is 1. The lowest BCUT2D eigenvalue weighted by atomic mass is 9.96. The number of nitrogens with zero attached hydrogens (tertiary/aromatic N) is 2. The van der Waals surface area contributed by atoms with Crippen molar-refractivity contribution in [1.29, 1.82) is 0 Å². The summed E-state index contributed by atoms with van der Waals surface area (Å²) in [5.41, 5.74) is 1.77. The van der Waals surface area contributed by atoms with Crippen molar-refractivity contribution in [2.24, 2.45) is 0 Å². The van der Waals surface area contributed by atoms with Gasteiger partial charge in [0.2, 0.25) is 0 Å². The smallest absolute Gasteiger partial charge is 0.263 e. The highest BCUT2D eigenvalue weighted by Crippen LogP contribution is 2.25. The summed E-state index contributed by atoms with van der Waals surface area (Å²) in [7, 11) is 0. The van der Waals surface area contributed by atoms with Crippen LogP contribution >= 0.6 is 0 Å². The number of rotatable bonds is 2. The van der Waals surface area contributed by atoms with Gasteiger partial charge >= 0.3 is 0 Å². The van der Waals surface area contributed by atoms with Gasteiger partial charge in [-0.15, -0.1) is 0 Å². The van der Waals surface area contributed by atoms with Gasteiger partial charge < -0.3 is 0 Å². The van der Waals surface area contributed by atoms with E-state index in [0.29, 0.717) is 29.1 Å². The Labute approximate surface area is 114 Å². The highest BCUT2D eigenvalue weighted by molar-refractivity contribution is 5.97. The van der Waals surface area contributed by atoms with E-state index in [1.807, 2.05) is 0 Å². The van der Waals surface area contributed by atoms with E-state index in [9.17, 15) is 13.6 Å². The number of carbonyl (C=O) groups excluding carboxylic acids is 1. The second-order valence-corrected chi connectivity index (χ2v) is 4.76. The van der Waals surface area contributed by atoms with E-state index >= 15 is 0 Å². The van der Waals surface area contributed by atoms with Crippen LogP contribution in [-0.2, 0) is 6.42 Å². The van der Waals surface area contributed by atoms with Crippen LogP contribution in [0.4, 0.5) is 8.78 Å². The van der Waals surface area contributed by atoms with Crippen LogP contribution in [0.25, 0.3) is 11.4 Å². The summed E-state index contributed by atoms with van der Waals surface area (Å²) >= 11 is 0. The van der Waals surface area contributed by atoms with E-state index in [0.717, 1.165) is 12.8 Å². The fraction of sp³-hybridized carbons (Fsp3) is 0.267. The molecule has 0 radical (unpaired) electrons. The van der Waals surface area contributed by atoms with Crippen molar-refractivity contribution in [3.05, 3.63) is 47.3 Å². The molecule has 1 aromatic heterocycles. The first-order valence-corrected chi connectivity index (χ1v) is 6.43. The zero-order valence-electron chi connectivity index (χ0n) is 10.6. The molecule has 0 saturated carbocycles. The molecular weight excluding hydrogens is 262 g/mol. The molecule has 1 aliphatic carbocycles. The number of halogens is 2. The molecule has 0 bridgehead atoms. The first kappa shape index (κ1) is 12.8. The van der Waals surface area contributed by atoms with Crippen LogP contribution in [0.3, 0.4) is 0 Å². The van der Waals surface area contributed by atoms with Crippen molar-refractivity contribution in [2.45, 2.75) is 25.7 Å². The fourth-order valence-electron chi connectivity index (χ4n) is 2.34. The van der Waals surface area contributed by atoms with Crippen molar-refractivity contribution >= 4 is 5.78 Å². The minimum atomic E-state index is -2.52. The van der Waals surface area contributed by atoms with Crippen molar-refractivity contribution in [2.75, 3.05) is 0 Å². The Bertz CT molecular complexity index is 671. The molecule has 0 atom stereocenters. The molecule has 102 valence electrons. The van der Waals surface area contributed by atoms with Crippen LogP contribution in [0.1, 0.15) is 40.9 Å². The van der Waals surface area contributed by atoms with Gasteiger partial charge in [0.15, 0.2) is 11.6 Å². The van der Waals surface area contributed by atoms with Crippen LogP contribution in [0.15, 0.2) is 30.5 Å². The van der Waals surface area contributed by atoms with Crippen molar-refractivity contribution in [3.63, 3.8) is 0 Å². The van der Waals surface area contributed by atoms with Gasteiger partial charge in [-0.1, -0.05) is 18.2 Å². The minimum absolute atomic E-state index is 0.0548. The first-order valence-electron chi connectivity index (χ1n) is 6.43. The molecule has 1 aromatic carbocycles. The van der Waals surface area contributed by atoms with Crippen LogP contribution < -0.4 is 0 Å². The minimum Gasteiger partial charge on any atom is -0.294 e. The first-order chi connectivity index (χ1) is 9.65. The van der Waals surface area contributed by atoms with Gasteiger partial charge in [0, 0.05) is 23.7 Å². The van der Waals surface area contributed by atoms with E-state index in [2.05, 4.69) is 9.97 Å². The highest BCUT2D eigenvalue weighted by Gasteiger charge is 2.20. The third kappa shape index (κ3) is 2.31. The lowest BCUT2D eigenvalue weighted by Crippen LogP contribution is -2.13. The Morgan fingerprint density at radius 2 is 2.05 bits per heavy atom. The van der Waals surface area contributed by atoms with E-state index in [1.165, 1.54) is 18.3 Å². The zero-order chi connectivity index (χ0) is 14.1. The van der Waals surface area contributed by atoms with Gasteiger partial charge in [-0.3, -0.25) is 4.79 Å². The number of carbonyl (C=O) groups is 1. The molecule has 0 saturated heterocycles. The number of fused-ring (bicyclic) bond motifs is 1. The quantitative estimate of drug-likeness (QED) is 0.840. The van der Waals surface area contributed by atoms with Crippen LogP contribution in [0.2, 0.25) is 0 Å². The molecule has 2 aromatic rings. The Kier molecular flexibility index (Phi) is 3.26. The predicted molar refractivity (Wildman–Crippen MR) is 69.7 cm³/mol. The number of hydrogen-bond donors (Lipinski definition) is 0. The number of alkyl halides is 2. The monoisotopic (exact) mass is 274 g/mol. The normalized spacial score (nSPS) is 14.4. The zero-order valence-corrected chi connectivity index (χ0v) is 10.6. The number of hydrogen-bond acceptors (Lipinski definition) is 3. The van der Waals surface area contributed by atoms with Crippen LogP contribution in [0.5, 0.6) is 0 Å². The maximum absolute atomic E-state index is 12.7. The summed E-state index contributed by atoms with van der Waals surface area (Å²) in [6.07, 6.45) is 1.02. The predicted octanol–water partition coefficient (Wildman–Crippen LogP) is 3.60. The van der Waals surface area contributed by atoms with Crippen molar-refractivity contribution < 1.29 is 13.6 Å². The molecular formula is C15H12F2N2O. The van der Waals surface area contributed by atoms with Gasteiger partial charge in [-0.05, 0) is 18.9 Å². The van der Waals surface area contributed by atoms with Gasteiger partial charge in [0.05, 0.1) is 11.3 Å². The van der Waals surface area contributed by atoms with E-state index < -0.39 is 6.43 Å². The molecule has 3 rings (SSSR count). The molecule has 1 heterocycles. The second-order valence-electron chi connectivity index (χ2n) is 4.76. The lowest BCUT2D eigenvalue weighted by Gasteiger charge is -2.14. The maximum atomic E-state index is 12.7. The summed E-state index contributed by atoms with van der Waals surface area (Å²) in [5.74, 6) is 0.445. The summed E-state index contributed by atoms with van der Waals surface area (Å²) in [6, 6.07) is 6.01. The molecule has 0 N–H and O–H groups in total. The molecule has 0 fully saturated rings. The van der Waals surface area contributed by atoms with Crippen LogP contribution in [-0.4, -0.2) is 15.8 Å². The molecule has 1 aliphatic rings. The standard InChI is InChI=1S/C15H12F2N2O/c16-14(17)9-3-1-4-10(7-9)15-18-8-11-12(19-15)5-2-6-13(11)20/h1,3-4,7-8,14H,2,5-6H2.